The van der Waals surface area contributed by atoms with E-state index in [1.807, 2.05) is 11.8 Å². The molecule has 0 unspecified atom stereocenters. The SMILES string of the molecule is CCCCNS(=O)(=O)c1cccc(C(=O)N(CCCC)CCCC)c1. The number of hydrogen-bond acceptors (Lipinski definition) is 3. The monoisotopic (exact) mass is 368 g/mol. The van der Waals surface area contributed by atoms with Crippen molar-refractivity contribution in [2.75, 3.05) is 19.6 Å². The number of unbranched alkanes of at least 4 members (excludes halogenated alkanes) is 3. The van der Waals surface area contributed by atoms with Crippen LogP contribution in [0.2, 0.25) is 0 Å². The number of hydrogen-bond donors (Lipinski definition) is 1. The van der Waals surface area contributed by atoms with Gasteiger partial charge < -0.3 is 4.90 Å². The number of benzene rings is 1. The van der Waals surface area contributed by atoms with E-state index < -0.39 is 10.0 Å². The van der Waals surface area contributed by atoms with Gasteiger partial charge in [-0.05, 0) is 37.5 Å². The fourth-order valence-electron chi connectivity index (χ4n) is 2.46. The molecule has 0 saturated carbocycles. The van der Waals surface area contributed by atoms with E-state index in [0.717, 1.165) is 38.5 Å². The van der Waals surface area contributed by atoms with Crippen LogP contribution >= 0.6 is 0 Å². The summed E-state index contributed by atoms with van der Waals surface area (Å²) in [7, 11) is -3.57. The molecule has 6 heteroatoms. The topological polar surface area (TPSA) is 66.5 Å². The molecule has 142 valence electrons. The van der Waals surface area contributed by atoms with Gasteiger partial charge in [0, 0.05) is 25.2 Å². The van der Waals surface area contributed by atoms with Crippen LogP contribution in [0.1, 0.15) is 69.7 Å². The highest BCUT2D eigenvalue weighted by atomic mass is 32.2. The summed E-state index contributed by atoms with van der Waals surface area (Å²) in [6.45, 7) is 8.03. The Balaban J connectivity index is 2.94. The quantitative estimate of drug-likeness (QED) is 0.571. The maximum Gasteiger partial charge on any atom is 0.253 e. The van der Waals surface area contributed by atoms with Crippen LogP contribution in [0.25, 0.3) is 0 Å². The fraction of sp³-hybridized carbons (Fsp3) is 0.632. The minimum atomic E-state index is -3.57. The Morgan fingerprint density at radius 2 is 1.60 bits per heavy atom. The zero-order chi connectivity index (χ0) is 18.7. The van der Waals surface area contributed by atoms with Crippen molar-refractivity contribution >= 4 is 15.9 Å². The van der Waals surface area contributed by atoms with Gasteiger partial charge in [-0.2, -0.15) is 0 Å². The van der Waals surface area contributed by atoms with Gasteiger partial charge in [-0.1, -0.05) is 46.1 Å². The van der Waals surface area contributed by atoms with Crippen LogP contribution in [0.15, 0.2) is 29.2 Å². The highest BCUT2D eigenvalue weighted by molar-refractivity contribution is 7.89. The molecule has 0 bridgehead atoms. The van der Waals surface area contributed by atoms with Crippen molar-refractivity contribution in [1.82, 2.24) is 9.62 Å². The summed E-state index contributed by atoms with van der Waals surface area (Å²) in [5.41, 5.74) is 0.436. The number of nitrogens with zero attached hydrogens (tertiary/aromatic N) is 1. The normalized spacial score (nSPS) is 11.5. The summed E-state index contributed by atoms with van der Waals surface area (Å²) < 4.78 is 27.3. The molecular formula is C19H32N2O3S. The molecule has 0 aromatic heterocycles. The first-order chi connectivity index (χ1) is 12.0. The lowest BCUT2D eigenvalue weighted by Gasteiger charge is -2.22. The van der Waals surface area contributed by atoms with E-state index >= 15 is 0 Å². The van der Waals surface area contributed by atoms with Gasteiger partial charge in [0.25, 0.3) is 5.91 Å². The molecule has 0 heterocycles. The lowest BCUT2D eigenvalue weighted by molar-refractivity contribution is 0.0751. The highest BCUT2D eigenvalue weighted by Crippen LogP contribution is 2.14. The number of carbonyl (C=O) groups is 1. The van der Waals surface area contributed by atoms with E-state index in [0.29, 0.717) is 25.2 Å². The predicted octanol–water partition coefficient (Wildman–Crippen LogP) is 3.81. The van der Waals surface area contributed by atoms with E-state index in [1.165, 1.54) is 12.1 Å². The molecule has 5 nitrogen and oxygen atoms in total. The average Bonchev–Trinajstić information content (AvgIpc) is 2.61. The second kappa shape index (κ2) is 11.3. The van der Waals surface area contributed by atoms with Gasteiger partial charge in [0.1, 0.15) is 0 Å². The predicted molar refractivity (Wildman–Crippen MR) is 102 cm³/mol. The molecule has 0 fully saturated rings. The van der Waals surface area contributed by atoms with Gasteiger partial charge in [0.2, 0.25) is 10.0 Å². The second-order valence-corrected chi connectivity index (χ2v) is 8.05. The largest absolute Gasteiger partial charge is 0.339 e. The van der Waals surface area contributed by atoms with Crippen molar-refractivity contribution in [1.29, 1.82) is 0 Å². The highest BCUT2D eigenvalue weighted by Gasteiger charge is 2.19. The van der Waals surface area contributed by atoms with Crippen molar-refractivity contribution in [3.05, 3.63) is 29.8 Å². The van der Waals surface area contributed by atoms with E-state index in [4.69, 9.17) is 0 Å². The molecule has 0 atom stereocenters. The van der Waals surface area contributed by atoms with Crippen LogP contribution in [0.4, 0.5) is 0 Å². The third kappa shape index (κ3) is 7.16. The van der Waals surface area contributed by atoms with Gasteiger partial charge >= 0.3 is 0 Å². The molecule has 0 spiro atoms. The van der Waals surface area contributed by atoms with Crippen LogP contribution in [-0.4, -0.2) is 38.9 Å². The zero-order valence-electron chi connectivity index (χ0n) is 15.8. The fourth-order valence-corrected chi connectivity index (χ4v) is 3.58. The Kier molecular flexibility index (Phi) is 9.75. The molecular weight excluding hydrogens is 336 g/mol. The Morgan fingerprint density at radius 3 is 2.16 bits per heavy atom. The summed E-state index contributed by atoms with van der Waals surface area (Å²) in [6, 6.07) is 6.35. The standard InChI is InChI=1S/C19H32N2O3S/c1-4-7-13-20-25(23,24)18-12-10-11-17(16-18)19(22)21(14-8-5-2)15-9-6-3/h10-12,16,20H,4-9,13-15H2,1-3H3. The molecule has 0 aliphatic heterocycles. The number of sulfonamides is 1. The van der Waals surface area contributed by atoms with Crippen molar-refractivity contribution in [3.8, 4) is 0 Å². The summed E-state index contributed by atoms with van der Waals surface area (Å²) in [5.74, 6) is -0.0903. The first kappa shape index (κ1) is 21.6. The summed E-state index contributed by atoms with van der Waals surface area (Å²) in [5, 5.41) is 0. The van der Waals surface area contributed by atoms with Crippen LogP contribution in [-0.2, 0) is 10.0 Å². The molecule has 1 aromatic rings. The van der Waals surface area contributed by atoms with E-state index in [9.17, 15) is 13.2 Å². The van der Waals surface area contributed by atoms with E-state index in [-0.39, 0.29) is 10.8 Å². The van der Waals surface area contributed by atoms with Crippen LogP contribution in [0.5, 0.6) is 0 Å². The number of carbonyl (C=O) groups excluding carboxylic acids is 1. The lowest BCUT2D eigenvalue weighted by atomic mass is 10.1. The Hall–Kier alpha value is -1.40. The lowest BCUT2D eigenvalue weighted by Crippen LogP contribution is -2.33. The van der Waals surface area contributed by atoms with Crippen LogP contribution in [0, 0.1) is 0 Å². The van der Waals surface area contributed by atoms with E-state index in [2.05, 4.69) is 18.6 Å². The smallest absolute Gasteiger partial charge is 0.253 e. The Labute approximate surface area is 152 Å². The minimum Gasteiger partial charge on any atom is -0.339 e. The number of rotatable bonds is 12. The van der Waals surface area contributed by atoms with E-state index in [1.54, 1.807) is 12.1 Å². The summed E-state index contributed by atoms with van der Waals surface area (Å²) in [4.78, 5) is 14.8. The van der Waals surface area contributed by atoms with Crippen molar-refractivity contribution in [2.24, 2.45) is 0 Å². The van der Waals surface area contributed by atoms with Gasteiger partial charge in [0.15, 0.2) is 0 Å². The Bertz CT molecular complexity index is 621. The average molecular weight is 369 g/mol. The maximum atomic E-state index is 12.8. The van der Waals surface area contributed by atoms with Crippen LogP contribution < -0.4 is 4.72 Å². The van der Waals surface area contributed by atoms with Gasteiger partial charge in [-0.15, -0.1) is 0 Å². The van der Waals surface area contributed by atoms with Gasteiger partial charge in [-0.25, -0.2) is 13.1 Å². The molecule has 1 amide bonds. The molecule has 0 aliphatic rings. The second-order valence-electron chi connectivity index (χ2n) is 6.28. The zero-order valence-corrected chi connectivity index (χ0v) is 16.6. The Morgan fingerprint density at radius 1 is 1.00 bits per heavy atom. The molecule has 1 N–H and O–H groups in total. The maximum absolute atomic E-state index is 12.8. The van der Waals surface area contributed by atoms with Crippen molar-refractivity contribution in [2.45, 2.75) is 64.2 Å². The molecule has 0 aliphatic carbocycles. The van der Waals surface area contributed by atoms with Gasteiger partial charge in [0.05, 0.1) is 4.90 Å². The number of amides is 1. The third-order valence-corrected chi connectivity index (χ3v) is 5.52. The minimum absolute atomic E-state index is 0.0903. The molecule has 25 heavy (non-hydrogen) atoms. The molecule has 1 rings (SSSR count). The molecule has 0 radical (unpaired) electrons. The first-order valence-corrected chi connectivity index (χ1v) is 10.8. The summed E-state index contributed by atoms with van der Waals surface area (Å²) >= 11 is 0. The molecule has 1 aromatic carbocycles. The first-order valence-electron chi connectivity index (χ1n) is 9.35. The van der Waals surface area contributed by atoms with Crippen LogP contribution in [0.3, 0.4) is 0 Å². The van der Waals surface area contributed by atoms with Gasteiger partial charge in [-0.3, -0.25) is 4.79 Å². The number of nitrogens with one attached hydrogen (secondary N) is 1. The van der Waals surface area contributed by atoms with Crippen molar-refractivity contribution < 1.29 is 13.2 Å². The summed E-state index contributed by atoms with van der Waals surface area (Å²) in [6.07, 6.45) is 5.65. The van der Waals surface area contributed by atoms with Crippen molar-refractivity contribution in [3.63, 3.8) is 0 Å². The third-order valence-electron chi connectivity index (χ3n) is 4.06. The molecule has 0 saturated heterocycles.